The number of hydrogen-bond donors (Lipinski definition) is 3. The zero-order valence-corrected chi connectivity index (χ0v) is 86.2. The summed E-state index contributed by atoms with van der Waals surface area (Å²) < 4.78 is 196. The van der Waals surface area contributed by atoms with Crippen molar-refractivity contribution in [3.63, 3.8) is 0 Å². The Bertz CT molecular complexity index is 6820. The summed E-state index contributed by atoms with van der Waals surface area (Å²) in [5.41, 5.74) is -2.59. The van der Waals surface area contributed by atoms with Crippen molar-refractivity contribution < 1.29 is 137 Å². The van der Waals surface area contributed by atoms with E-state index in [9.17, 15) is 76.7 Å². The maximum absolute atomic E-state index is 14.4. The number of halogens is 11. The maximum atomic E-state index is 14.4. The van der Waals surface area contributed by atoms with E-state index in [1.807, 2.05) is 6.07 Å². The fraction of sp³-hybridized carbons (Fsp3) is 0.0645. The predicted molar refractivity (Wildman–Crippen MR) is 505 cm³/mol. The van der Waals surface area contributed by atoms with Crippen LogP contribution in [0.4, 0.5) is 48.3 Å². The molecular weight excluding hydrogens is 2520 g/mol. The first-order valence-corrected chi connectivity index (χ1v) is 50.6. The summed E-state index contributed by atoms with van der Waals surface area (Å²) in [6, 6.07) is 54.0. The third kappa shape index (κ3) is 28.9. The van der Waals surface area contributed by atoms with E-state index in [0.29, 0.717) is 69.7 Å². The molecule has 0 aliphatic rings. The van der Waals surface area contributed by atoms with Crippen LogP contribution in [0.3, 0.4) is 0 Å². The Morgan fingerprint density at radius 2 is 0.503 bits per heavy atom. The average Bonchev–Trinajstić information content (AvgIpc) is 0.758. The number of rotatable bonds is 18. The number of hydrogen-bond acceptors (Lipinski definition) is 24. The monoisotopic (exact) mass is 2590 g/mol. The van der Waals surface area contributed by atoms with Crippen molar-refractivity contribution in [3.05, 3.63) is 420 Å². The molecule has 3 N–H and O–H groups in total. The Morgan fingerprint density at radius 1 is 0.280 bits per heavy atom. The molecule has 0 saturated heterocycles. The SMILES string of the molecule is Cc1cc(-c2nccc(F)n2)[c-]c(C(F)(F)F)n1.Cc1cc(-c2ncccn2)[c-]c(C(F)(F)F)n1.Cc1nc(C(F)(F)F)c[c-]c1-c1nccc(F)n1.O=P(N=P(O)(c1ccncc1)c1ccncc1)(c1ccncc1)c1ccncc1.O=P(N=P(O)(c1ccncc1)c1ccncc1)(c1ccncc1)c1ccncc1.O=P(N=P(O)(c1ccncc1)c1ccncc1)(c1ccncc1)c1ccncc1.[Ir].[Ir].[Ir]. The van der Waals surface area contributed by atoms with Gasteiger partial charge in [-0.15, -0.1) is 47.5 Å². The molecule has 0 fully saturated rings. The number of aromatic nitrogens is 21. The molecule has 18 aromatic rings. The first-order chi connectivity index (χ1) is 67.1. The summed E-state index contributed by atoms with van der Waals surface area (Å²) in [4.78, 5) is 116. The van der Waals surface area contributed by atoms with Crippen molar-refractivity contribution in [2.75, 3.05) is 0 Å². The second kappa shape index (κ2) is 50.7. The molecular formula is C93H70F11Ir3N24O6P6-3. The van der Waals surface area contributed by atoms with Crippen LogP contribution in [0.5, 0.6) is 0 Å². The Hall–Kier alpha value is -13.1. The molecule has 0 aliphatic heterocycles. The molecule has 0 atom stereocenters. The Morgan fingerprint density at radius 3 is 0.734 bits per heavy atom. The number of aryl methyl sites for hydroxylation is 3. The van der Waals surface area contributed by atoms with Crippen molar-refractivity contribution >= 4 is 107 Å². The van der Waals surface area contributed by atoms with Gasteiger partial charge in [-0.25, -0.2) is 13.5 Å². The molecule has 0 aromatic carbocycles. The summed E-state index contributed by atoms with van der Waals surface area (Å²) in [6.45, 7) is 4.23. The van der Waals surface area contributed by atoms with E-state index in [1.165, 1.54) is 51.5 Å². The van der Waals surface area contributed by atoms with E-state index >= 15 is 0 Å². The molecule has 143 heavy (non-hydrogen) atoms. The van der Waals surface area contributed by atoms with Gasteiger partial charge in [0, 0.05) is 321 Å². The zero-order valence-electron chi connectivity index (χ0n) is 73.6. The van der Waals surface area contributed by atoms with E-state index in [2.05, 4.69) is 117 Å². The van der Waals surface area contributed by atoms with Crippen LogP contribution >= 0.6 is 43.7 Å². The summed E-state index contributed by atoms with van der Waals surface area (Å²) in [7, 11) is -20.9. The van der Waals surface area contributed by atoms with Crippen molar-refractivity contribution in [2.45, 2.75) is 39.3 Å². The molecule has 735 valence electrons. The van der Waals surface area contributed by atoms with E-state index in [-0.39, 0.29) is 112 Å². The topological polar surface area (TPSA) is 420 Å². The summed E-state index contributed by atoms with van der Waals surface area (Å²) in [6.07, 6.45) is 29.3. The van der Waals surface area contributed by atoms with Gasteiger partial charge in [-0.3, -0.25) is 98.4 Å². The summed E-state index contributed by atoms with van der Waals surface area (Å²) in [5, 5.41) is 6.26. The normalized spacial score (nSPS) is 11.4. The van der Waals surface area contributed by atoms with Gasteiger partial charge in [-0.05, 0) is 183 Å². The van der Waals surface area contributed by atoms with Crippen molar-refractivity contribution in [1.29, 1.82) is 0 Å². The van der Waals surface area contributed by atoms with Crippen molar-refractivity contribution in [3.8, 4) is 34.2 Å². The van der Waals surface area contributed by atoms with Crippen LogP contribution in [0.2, 0.25) is 0 Å². The van der Waals surface area contributed by atoms with Crippen molar-refractivity contribution in [2.24, 2.45) is 13.5 Å². The minimum absolute atomic E-state index is 0. The molecule has 0 amide bonds. The average molecular weight is 2590 g/mol. The van der Waals surface area contributed by atoms with Crippen LogP contribution in [0.15, 0.2) is 369 Å². The summed E-state index contributed by atoms with van der Waals surface area (Å²) in [5.74, 6) is -1.60. The van der Waals surface area contributed by atoms with Crippen LogP contribution in [0, 0.1) is 50.9 Å². The van der Waals surface area contributed by atoms with E-state index < -0.39 is 91.2 Å². The number of alkyl halides is 9. The number of nitrogens with zero attached hydrogens (tertiary/aromatic N) is 24. The van der Waals surface area contributed by atoms with Crippen LogP contribution in [-0.2, 0) is 92.5 Å². The predicted octanol–water partition coefficient (Wildman–Crippen LogP) is 15.0. The first kappa shape index (κ1) is 112. The quantitative estimate of drug-likeness (QED) is 0.0311. The van der Waals surface area contributed by atoms with Gasteiger partial charge in [0.25, 0.3) is 0 Å². The Kier molecular flexibility index (Phi) is 39.7. The minimum atomic E-state index is -4.62. The Labute approximate surface area is 849 Å². The van der Waals surface area contributed by atoms with Gasteiger partial charge in [0.1, 0.15) is 21.8 Å². The summed E-state index contributed by atoms with van der Waals surface area (Å²) >= 11 is 0. The fourth-order valence-electron chi connectivity index (χ4n) is 12.6. The third-order valence-corrected chi connectivity index (χ3v) is 37.3. The first-order valence-electron chi connectivity index (χ1n) is 40.5. The molecule has 0 spiro atoms. The number of pyridine rings is 15. The zero-order chi connectivity index (χ0) is 99.6. The van der Waals surface area contributed by atoms with E-state index in [1.54, 1.807) is 300 Å². The van der Waals surface area contributed by atoms with E-state index in [4.69, 9.17) is 13.5 Å². The largest absolute Gasteiger partial charge is 0.421 e. The smallest absolute Gasteiger partial charge is 0.353 e. The van der Waals surface area contributed by atoms with Gasteiger partial charge < -0.3 is 34.6 Å². The second-order valence-electron chi connectivity index (χ2n) is 28.6. The van der Waals surface area contributed by atoms with Crippen molar-refractivity contribution in [1.82, 2.24) is 105 Å². The van der Waals surface area contributed by atoms with Gasteiger partial charge in [0.05, 0.1) is 22.9 Å². The van der Waals surface area contributed by atoms with Gasteiger partial charge in [0.15, 0.2) is 0 Å². The molecule has 0 unspecified atom stereocenters. The van der Waals surface area contributed by atoms with Gasteiger partial charge in [-0.1, -0.05) is 12.5 Å². The van der Waals surface area contributed by atoms with Crippen LogP contribution in [-0.4, -0.2) is 119 Å². The Balaban J connectivity index is 0.000000178. The molecule has 0 aliphatic carbocycles. The molecule has 0 saturated carbocycles. The standard InChI is InChI=1S/3C20H17N5O2P2.2C11H6F4N3.C11H7F3N3.3Ir/c3*26-28(17-1-9-21-10-2-17,18-3-11-22-12-4-18)25-29(27,19-5-13-23-14-6-19)20-7-15-24-16-8-20;1-6-4-7(5-8(17-6)11(13,14)15)10-16-3-2-9(12)18-10;1-6-7(10-16-5-4-9(12)18-10)2-3-8(17-6)11(13,14)15;1-7-5-8(10-15-3-2-4-16-10)6-9(17-7)11(12,13)14;;;/h3*1-16,26H;2-4H,1H3;3-5H,1H3;2-5H,1H3;;;/q;;;3*-1;;;. The second-order valence-corrected chi connectivity index (χ2v) is 44.0. The van der Waals surface area contributed by atoms with Crippen LogP contribution in [0.25, 0.3) is 34.2 Å². The molecule has 18 aromatic heterocycles. The maximum Gasteiger partial charge on any atom is 0.421 e. The van der Waals surface area contributed by atoms with E-state index in [0.717, 1.165) is 18.3 Å². The molecule has 18 rings (SSSR count). The third-order valence-electron chi connectivity index (χ3n) is 19.1. The van der Waals surface area contributed by atoms with Crippen LogP contribution < -0.4 is 63.7 Å². The van der Waals surface area contributed by atoms with Crippen LogP contribution in [0.1, 0.15) is 34.2 Å². The molecule has 0 bridgehead atoms. The van der Waals surface area contributed by atoms with Gasteiger partial charge >= 0.3 is 18.5 Å². The molecule has 50 heteroatoms. The molecule has 18 heterocycles. The molecule has 3 radical (unpaired) electrons. The minimum Gasteiger partial charge on any atom is -0.353 e. The van der Waals surface area contributed by atoms with Gasteiger partial charge in [-0.2, -0.15) is 48.3 Å². The fourth-order valence-corrected chi connectivity index (χ4v) is 30.3. The van der Waals surface area contributed by atoms with Gasteiger partial charge in [0.2, 0.25) is 33.8 Å². The molecule has 30 nitrogen and oxygen atoms in total.